The van der Waals surface area contributed by atoms with Crippen LogP contribution in [0.5, 0.6) is 5.75 Å². The molecule has 0 bridgehead atoms. The minimum Gasteiger partial charge on any atom is -0.846 e. The predicted molar refractivity (Wildman–Crippen MR) is 144 cm³/mol. The zero-order valence-electron chi connectivity index (χ0n) is 21.4. The monoisotopic (exact) mass is 510 g/mol. The fourth-order valence-electron chi connectivity index (χ4n) is 3.63. The number of nitrogens with zero attached hydrogens (tertiary/aromatic N) is 3. The van der Waals surface area contributed by atoms with Crippen molar-refractivity contribution in [2.45, 2.75) is 19.9 Å². The second kappa shape index (κ2) is 12.9. The number of para-hydroxylation sites is 1. The van der Waals surface area contributed by atoms with E-state index in [4.69, 9.17) is 9.47 Å². The standard InChI is InChI=1S/C30H30N4O4/c1-33(2)30(36)38-22-34-18-8-9-24(20-34)19-31-29(35)32-26-16-14-23(15-17-26)21-37-28-13-7-6-12-27(28)25-10-4-3-5-11-25/h3-18,20H,19,21-22H2,1-2H3,(H-,31,32,35). The minimum absolute atomic E-state index is 0.0744. The van der Waals surface area contributed by atoms with E-state index < -0.39 is 12.1 Å². The quantitative estimate of drug-likeness (QED) is 0.207. The molecule has 38 heavy (non-hydrogen) atoms. The number of hydrogen-bond donors (Lipinski definition) is 1. The number of amidine groups is 1. The summed E-state index contributed by atoms with van der Waals surface area (Å²) in [6, 6.07) is 28.8. The second-order valence-electron chi connectivity index (χ2n) is 8.75. The van der Waals surface area contributed by atoms with Gasteiger partial charge in [-0.3, -0.25) is 4.99 Å². The van der Waals surface area contributed by atoms with Crippen LogP contribution in [0.15, 0.2) is 108 Å². The summed E-state index contributed by atoms with van der Waals surface area (Å²) in [5.74, 6) is 0.813. The Kier molecular flexibility index (Phi) is 8.91. The van der Waals surface area contributed by atoms with Crippen LogP contribution in [-0.2, 0) is 24.6 Å². The maximum atomic E-state index is 12.3. The second-order valence-corrected chi connectivity index (χ2v) is 8.75. The smallest absolute Gasteiger partial charge is 0.414 e. The van der Waals surface area contributed by atoms with Crippen molar-refractivity contribution in [1.82, 2.24) is 4.90 Å². The van der Waals surface area contributed by atoms with Gasteiger partial charge in [0.25, 0.3) is 6.73 Å². The Hall–Kier alpha value is -4.85. The summed E-state index contributed by atoms with van der Waals surface area (Å²) in [5.41, 5.74) is 4.57. The Morgan fingerprint density at radius 1 is 0.921 bits per heavy atom. The van der Waals surface area contributed by atoms with Crippen molar-refractivity contribution < 1.29 is 23.9 Å². The largest absolute Gasteiger partial charge is 0.846 e. The summed E-state index contributed by atoms with van der Waals surface area (Å²) in [7, 11) is 3.24. The molecule has 0 spiro atoms. The summed E-state index contributed by atoms with van der Waals surface area (Å²) in [6.07, 6.45) is 3.13. The minimum atomic E-state index is -0.444. The van der Waals surface area contributed by atoms with Gasteiger partial charge in [0.2, 0.25) is 0 Å². The zero-order valence-corrected chi connectivity index (χ0v) is 21.4. The van der Waals surface area contributed by atoms with Gasteiger partial charge in [-0.05, 0) is 35.4 Å². The molecule has 0 aliphatic heterocycles. The molecule has 3 aromatic carbocycles. The number of aliphatic imine (C=N–C) groups is 1. The van der Waals surface area contributed by atoms with Crippen LogP contribution in [-0.4, -0.2) is 31.1 Å². The van der Waals surface area contributed by atoms with Gasteiger partial charge in [0, 0.05) is 37.0 Å². The van der Waals surface area contributed by atoms with Crippen LogP contribution in [0.3, 0.4) is 0 Å². The molecule has 1 amide bonds. The molecular weight excluding hydrogens is 480 g/mol. The number of carbonyl (C=O) groups is 1. The average Bonchev–Trinajstić information content (AvgIpc) is 2.95. The highest BCUT2D eigenvalue weighted by Gasteiger charge is 2.09. The van der Waals surface area contributed by atoms with Crippen LogP contribution in [0.2, 0.25) is 0 Å². The first-order valence-corrected chi connectivity index (χ1v) is 12.1. The van der Waals surface area contributed by atoms with Gasteiger partial charge in [0.1, 0.15) is 12.4 Å². The van der Waals surface area contributed by atoms with E-state index in [1.165, 1.54) is 4.90 Å². The number of nitrogens with one attached hydrogen (secondary N) is 1. The van der Waals surface area contributed by atoms with Gasteiger partial charge < -0.3 is 24.8 Å². The van der Waals surface area contributed by atoms with E-state index in [0.29, 0.717) is 12.3 Å². The number of amides is 1. The Morgan fingerprint density at radius 3 is 2.42 bits per heavy atom. The number of hydrogen-bond acceptors (Lipinski definition) is 5. The molecular formula is C30H30N4O4. The highest BCUT2D eigenvalue weighted by molar-refractivity contribution is 5.85. The van der Waals surface area contributed by atoms with Crippen LogP contribution in [0, 0.1) is 0 Å². The Bertz CT molecular complexity index is 1370. The lowest BCUT2D eigenvalue weighted by atomic mass is 10.0. The predicted octanol–water partition coefficient (Wildman–Crippen LogP) is 4.20. The van der Waals surface area contributed by atoms with Gasteiger partial charge in [0.15, 0.2) is 12.4 Å². The number of anilines is 1. The molecule has 0 aliphatic rings. The Balaban J connectivity index is 1.30. The number of ether oxygens (including phenoxy) is 2. The van der Waals surface area contributed by atoms with Crippen LogP contribution in [0.1, 0.15) is 11.1 Å². The summed E-state index contributed by atoms with van der Waals surface area (Å²) in [4.78, 5) is 17.0. The lowest BCUT2D eigenvalue weighted by Crippen LogP contribution is -2.37. The molecule has 1 heterocycles. The van der Waals surface area contributed by atoms with Gasteiger partial charge in [-0.15, -0.1) is 0 Å². The Labute approximate surface area is 222 Å². The summed E-state index contributed by atoms with van der Waals surface area (Å²) < 4.78 is 13.0. The molecule has 0 aliphatic carbocycles. The van der Waals surface area contributed by atoms with Crippen molar-refractivity contribution in [3.8, 4) is 16.9 Å². The van der Waals surface area contributed by atoms with Gasteiger partial charge >= 0.3 is 6.09 Å². The number of aromatic nitrogens is 1. The SMILES string of the molecule is CN(C)C(=O)OC[n+]1cccc(CN=C([O-])Nc2ccc(COc3ccccc3-c3ccccc3)cc2)c1. The molecule has 0 unspecified atom stereocenters. The summed E-state index contributed by atoms with van der Waals surface area (Å²) >= 11 is 0. The topological polar surface area (TPSA) is 90.1 Å². The maximum absolute atomic E-state index is 12.3. The first-order valence-electron chi connectivity index (χ1n) is 12.1. The lowest BCUT2D eigenvalue weighted by Gasteiger charge is -2.15. The van der Waals surface area contributed by atoms with Gasteiger partial charge in [-0.1, -0.05) is 60.7 Å². The maximum Gasteiger partial charge on any atom is 0.414 e. The van der Waals surface area contributed by atoms with Crippen molar-refractivity contribution in [1.29, 1.82) is 0 Å². The van der Waals surface area contributed by atoms with Crippen molar-refractivity contribution in [2.24, 2.45) is 4.99 Å². The van der Waals surface area contributed by atoms with E-state index in [9.17, 15) is 9.90 Å². The average molecular weight is 511 g/mol. The van der Waals surface area contributed by atoms with Crippen molar-refractivity contribution >= 4 is 17.8 Å². The first kappa shape index (κ1) is 26.2. The third-order valence-electron chi connectivity index (χ3n) is 5.60. The molecule has 1 aromatic heterocycles. The third-order valence-corrected chi connectivity index (χ3v) is 5.60. The van der Waals surface area contributed by atoms with Crippen LogP contribution in [0.4, 0.5) is 10.5 Å². The fourth-order valence-corrected chi connectivity index (χ4v) is 3.63. The third kappa shape index (κ3) is 7.57. The summed E-state index contributed by atoms with van der Waals surface area (Å²) in [6.45, 7) is 0.673. The van der Waals surface area contributed by atoms with Gasteiger partial charge in [0.05, 0.1) is 12.6 Å². The number of rotatable bonds is 9. The van der Waals surface area contributed by atoms with Crippen molar-refractivity contribution in [3.05, 3.63) is 115 Å². The molecule has 0 atom stereocenters. The molecule has 1 N–H and O–H groups in total. The van der Waals surface area contributed by atoms with E-state index >= 15 is 0 Å². The first-order chi connectivity index (χ1) is 18.5. The molecule has 4 rings (SSSR count). The van der Waals surface area contributed by atoms with E-state index in [1.807, 2.05) is 78.9 Å². The van der Waals surface area contributed by atoms with Crippen LogP contribution in [0.25, 0.3) is 11.1 Å². The van der Waals surface area contributed by atoms with E-state index in [-0.39, 0.29) is 13.3 Å². The van der Waals surface area contributed by atoms with E-state index in [2.05, 4.69) is 22.4 Å². The van der Waals surface area contributed by atoms with E-state index in [0.717, 1.165) is 28.0 Å². The highest BCUT2D eigenvalue weighted by Crippen LogP contribution is 2.30. The van der Waals surface area contributed by atoms with E-state index in [1.54, 1.807) is 31.1 Å². The molecule has 194 valence electrons. The van der Waals surface area contributed by atoms with Gasteiger partial charge in [-0.2, -0.15) is 4.57 Å². The normalized spacial score (nSPS) is 11.1. The number of benzene rings is 3. The van der Waals surface area contributed by atoms with Crippen molar-refractivity contribution in [2.75, 3.05) is 19.4 Å². The molecule has 4 aromatic rings. The van der Waals surface area contributed by atoms with Gasteiger partial charge in [-0.25, -0.2) is 4.79 Å². The molecule has 0 fully saturated rings. The van der Waals surface area contributed by atoms with Crippen molar-refractivity contribution in [3.63, 3.8) is 0 Å². The molecule has 8 heteroatoms. The highest BCUT2D eigenvalue weighted by atomic mass is 16.6. The molecule has 0 saturated heterocycles. The van der Waals surface area contributed by atoms with Crippen LogP contribution < -0.4 is 19.7 Å². The fraction of sp³-hybridized carbons (Fsp3) is 0.167. The van der Waals surface area contributed by atoms with Crippen LogP contribution >= 0.6 is 0 Å². The zero-order chi connectivity index (χ0) is 26.7. The number of carbonyl (C=O) groups excluding carboxylic acids is 1. The number of pyridine rings is 1. The molecule has 8 nitrogen and oxygen atoms in total. The molecule has 0 saturated carbocycles. The Morgan fingerprint density at radius 2 is 1.66 bits per heavy atom. The summed E-state index contributed by atoms with van der Waals surface area (Å²) in [5, 5.41) is 15.1. The molecule has 0 radical (unpaired) electrons. The lowest BCUT2D eigenvalue weighted by molar-refractivity contribution is -0.727.